The first-order chi connectivity index (χ1) is 6.61. The van der Waals surface area contributed by atoms with E-state index in [2.05, 4.69) is 0 Å². The number of alkyl halides is 1. The van der Waals surface area contributed by atoms with Crippen LogP contribution in [0.1, 0.15) is 15.9 Å². The summed E-state index contributed by atoms with van der Waals surface area (Å²) < 4.78 is 0.376. The van der Waals surface area contributed by atoms with Crippen LogP contribution in [0.2, 0.25) is 0 Å². The maximum atomic E-state index is 11.2. The number of phenols is 1. The zero-order valence-electron chi connectivity index (χ0n) is 6.92. The highest BCUT2D eigenvalue weighted by molar-refractivity contribution is 14.1. The molecule has 0 unspecified atom stereocenters. The molecular weight excluding hydrogens is 316 g/mol. The van der Waals surface area contributed by atoms with Gasteiger partial charge in [0.25, 0.3) is 0 Å². The van der Waals surface area contributed by atoms with Crippen molar-refractivity contribution in [2.24, 2.45) is 0 Å². The van der Waals surface area contributed by atoms with Gasteiger partial charge in [0.15, 0.2) is 5.78 Å². The minimum atomic E-state index is -0.355. The van der Waals surface area contributed by atoms with Crippen LogP contribution < -0.4 is 0 Å². The second-order valence-corrected chi connectivity index (χ2v) is 3.84. The summed E-state index contributed by atoms with van der Waals surface area (Å²) >= 11 is 7.17. The van der Waals surface area contributed by atoms with E-state index in [0.717, 1.165) is 0 Å². The third-order valence-corrected chi connectivity index (χ3v) is 2.99. The molecule has 0 aromatic heterocycles. The van der Waals surface area contributed by atoms with Gasteiger partial charge in [-0.25, -0.2) is 0 Å². The summed E-state index contributed by atoms with van der Waals surface area (Å²) in [6.45, 7) is 0. The first-order valence-electron chi connectivity index (χ1n) is 3.62. The summed E-state index contributed by atoms with van der Waals surface area (Å²) in [6.07, 6.45) is 0. The summed E-state index contributed by atoms with van der Waals surface area (Å²) in [5, 5.41) is 18.2. The van der Waals surface area contributed by atoms with Crippen molar-refractivity contribution in [2.45, 2.75) is 0 Å². The van der Waals surface area contributed by atoms with Crippen molar-refractivity contribution >= 4 is 40.0 Å². The summed E-state index contributed by atoms with van der Waals surface area (Å²) in [7, 11) is 0. The van der Waals surface area contributed by atoms with Crippen molar-refractivity contribution in [3.8, 4) is 11.8 Å². The fraction of sp³-hybridized carbons (Fsp3) is 0.111. The van der Waals surface area contributed by atoms with Crippen molar-refractivity contribution in [3.63, 3.8) is 0 Å². The molecule has 0 aliphatic carbocycles. The molecule has 0 atom stereocenters. The van der Waals surface area contributed by atoms with E-state index in [9.17, 15) is 9.90 Å². The zero-order valence-corrected chi connectivity index (χ0v) is 9.83. The Kier molecular flexibility index (Phi) is 3.72. The molecule has 1 N–H and O–H groups in total. The van der Waals surface area contributed by atoms with E-state index in [4.69, 9.17) is 16.9 Å². The molecule has 1 aromatic rings. The van der Waals surface area contributed by atoms with Crippen LogP contribution in [0.5, 0.6) is 5.75 Å². The standard InChI is InChI=1S/C9H5ClINO2/c10-3-7(13)6-2-1-5(4-12)8(11)9(6)14/h1-2,14H,3H2. The third kappa shape index (κ3) is 1.99. The average Bonchev–Trinajstić information content (AvgIpc) is 2.21. The van der Waals surface area contributed by atoms with Gasteiger partial charge in [0.05, 0.1) is 20.6 Å². The first kappa shape index (κ1) is 11.3. The molecule has 0 fully saturated rings. The molecule has 0 saturated carbocycles. The van der Waals surface area contributed by atoms with Crippen molar-refractivity contribution in [1.82, 2.24) is 0 Å². The zero-order chi connectivity index (χ0) is 10.7. The molecule has 0 spiro atoms. The third-order valence-electron chi connectivity index (χ3n) is 1.66. The van der Waals surface area contributed by atoms with E-state index >= 15 is 0 Å². The summed E-state index contributed by atoms with van der Waals surface area (Å²) in [5.41, 5.74) is 0.498. The number of benzene rings is 1. The monoisotopic (exact) mass is 321 g/mol. The van der Waals surface area contributed by atoms with Gasteiger partial charge in [0.1, 0.15) is 11.8 Å². The van der Waals surface area contributed by atoms with Crippen molar-refractivity contribution in [1.29, 1.82) is 5.26 Å². The Bertz CT molecular complexity index is 426. The van der Waals surface area contributed by atoms with Gasteiger partial charge >= 0.3 is 0 Å². The normalized spacial score (nSPS) is 9.50. The minimum Gasteiger partial charge on any atom is -0.506 e. The van der Waals surface area contributed by atoms with E-state index in [1.54, 1.807) is 0 Å². The maximum absolute atomic E-state index is 11.2. The molecule has 0 radical (unpaired) electrons. The first-order valence-corrected chi connectivity index (χ1v) is 5.24. The molecule has 72 valence electrons. The lowest BCUT2D eigenvalue weighted by molar-refractivity contribution is 0.101. The minimum absolute atomic E-state index is 0.156. The van der Waals surface area contributed by atoms with Crippen molar-refractivity contribution in [2.75, 3.05) is 5.88 Å². The van der Waals surface area contributed by atoms with Crippen molar-refractivity contribution < 1.29 is 9.90 Å². The van der Waals surface area contributed by atoms with Crippen LogP contribution in [0.15, 0.2) is 12.1 Å². The van der Waals surface area contributed by atoms with Gasteiger partial charge < -0.3 is 5.11 Å². The van der Waals surface area contributed by atoms with E-state index in [1.165, 1.54) is 12.1 Å². The Balaban J connectivity index is 3.33. The second kappa shape index (κ2) is 4.62. The molecule has 0 saturated heterocycles. The number of hydrogen-bond donors (Lipinski definition) is 1. The molecule has 1 aromatic carbocycles. The number of rotatable bonds is 2. The number of hydrogen-bond acceptors (Lipinski definition) is 3. The van der Waals surface area contributed by atoms with Gasteiger partial charge in [-0.2, -0.15) is 5.26 Å². The molecule has 3 nitrogen and oxygen atoms in total. The Morgan fingerprint density at radius 2 is 2.29 bits per heavy atom. The highest BCUT2D eigenvalue weighted by atomic mass is 127. The number of aromatic hydroxyl groups is 1. The Hall–Kier alpha value is -0.800. The lowest BCUT2D eigenvalue weighted by Crippen LogP contribution is -2.02. The van der Waals surface area contributed by atoms with Gasteiger partial charge in [0, 0.05) is 0 Å². The molecule has 1 rings (SSSR count). The Morgan fingerprint density at radius 1 is 1.64 bits per heavy atom. The van der Waals surface area contributed by atoms with E-state index < -0.39 is 0 Å². The molecule has 5 heteroatoms. The van der Waals surface area contributed by atoms with Gasteiger partial charge in [-0.15, -0.1) is 11.6 Å². The molecule has 14 heavy (non-hydrogen) atoms. The fourth-order valence-electron chi connectivity index (χ4n) is 0.948. The van der Waals surface area contributed by atoms with Crippen LogP contribution in [0.25, 0.3) is 0 Å². The summed E-state index contributed by atoms with van der Waals surface area (Å²) in [4.78, 5) is 11.2. The topological polar surface area (TPSA) is 61.1 Å². The smallest absolute Gasteiger partial charge is 0.181 e. The maximum Gasteiger partial charge on any atom is 0.181 e. The van der Waals surface area contributed by atoms with Crippen LogP contribution >= 0.6 is 34.2 Å². The van der Waals surface area contributed by atoms with Gasteiger partial charge in [-0.05, 0) is 34.7 Å². The predicted octanol–water partition coefficient (Wildman–Crippen LogP) is 2.29. The number of Topliss-reactive ketones (excluding diaryl/α,β-unsaturated/α-hetero) is 1. The molecule has 0 amide bonds. The van der Waals surface area contributed by atoms with Crippen LogP contribution in [0.4, 0.5) is 0 Å². The lowest BCUT2D eigenvalue weighted by atomic mass is 10.1. The largest absolute Gasteiger partial charge is 0.506 e. The van der Waals surface area contributed by atoms with Gasteiger partial charge in [-0.3, -0.25) is 4.79 Å². The molecule has 0 aliphatic heterocycles. The van der Waals surface area contributed by atoms with Gasteiger partial charge in [0.2, 0.25) is 0 Å². The van der Waals surface area contributed by atoms with E-state index in [0.29, 0.717) is 9.13 Å². The molecular formula is C9H5ClINO2. The Labute approximate surface area is 99.4 Å². The lowest BCUT2D eigenvalue weighted by Gasteiger charge is -2.04. The van der Waals surface area contributed by atoms with Crippen molar-refractivity contribution in [3.05, 3.63) is 26.8 Å². The number of carbonyl (C=O) groups is 1. The molecule has 0 aliphatic rings. The molecule has 0 heterocycles. The summed E-state index contributed by atoms with van der Waals surface area (Å²) in [5.74, 6) is -0.711. The summed E-state index contributed by atoms with van der Waals surface area (Å²) in [6, 6.07) is 4.80. The number of nitrogens with zero attached hydrogens (tertiary/aromatic N) is 1. The van der Waals surface area contributed by atoms with E-state index in [1.807, 2.05) is 28.7 Å². The van der Waals surface area contributed by atoms with Crippen LogP contribution in [-0.2, 0) is 0 Å². The SMILES string of the molecule is N#Cc1ccc(C(=O)CCl)c(O)c1I. The highest BCUT2D eigenvalue weighted by Gasteiger charge is 2.14. The predicted molar refractivity (Wildman–Crippen MR) is 60.6 cm³/mol. The quantitative estimate of drug-likeness (QED) is 0.516. The van der Waals surface area contributed by atoms with Crippen LogP contribution in [0.3, 0.4) is 0 Å². The number of phenolic OH excluding ortho intramolecular Hbond substituents is 1. The van der Waals surface area contributed by atoms with Crippen LogP contribution in [-0.4, -0.2) is 16.8 Å². The number of carbonyl (C=O) groups excluding carboxylic acids is 1. The fourth-order valence-corrected chi connectivity index (χ4v) is 1.68. The second-order valence-electron chi connectivity index (χ2n) is 2.49. The number of nitriles is 1. The molecule has 0 bridgehead atoms. The van der Waals surface area contributed by atoms with Crippen LogP contribution in [0, 0.1) is 14.9 Å². The van der Waals surface area contributed by atoms with E-state index in [-0.39, 0.29) is 23.0 Å². The van der Waals surface area contributed by atoms with Gasteiger partial charge in [-0.1, -0.05) is 0 Å². The average molecular weight is 322 g/mol. The number of ketones is 1. The Morgan fingerprint density at radius 3 is 2.79 bits per heavy atom. The number of halogens is 2. The highest BCUT2D eigenvalue weighted by Crippen LogP contribution is 2.27.